The standard InChI is InChI=1S/C22H27N3O2/c1-16(2)24-21(27)22(10-12-25(15-22)17(3)26)13-18-6-8-19(9-7-18)20-5-4-11-23-14-20/h4-9,11,14,16H,10,12-13,15H2,1-3H3,(H,24,27). The Balaban J connectivity index is 1.82. The number of hydrogen-bond donors (Lipinski definition) is 1. The third-order valence-corrected chi connectivity index (χ3v) is 5.19. The Hall–Kier alpha value is -2.69. The van der Waals surface area contributed by atoms with E-state index < -0.39 is 5.41 Å². The van der Waals surface area contributed by atoms with Crippen LogP contribution in [0.15, 0.2) is 48.8 Å². The second-order valence-corrected chi connectivity index (χ2v) is 7.71. The number of likely N-dealkylation sites (tertiary alicyclic amines) is 1. The van der Waals surface area contributed by atoms with E-state index in [0.29, 0.717) is 25.9 Å². The van der Waals surface area contributed by atoms with Crippen molar-refractivity contribution >= 4 is 11.8 Å². The third kappa shape index (κ3) is 4.35. The van der Waals surface area contributed by atoms with Crippen molar-refractivity contribution in [3.8, 4) is 11.1 Å². The van der Waals surface area contributed by atoms with Gasteiger partial charge in [-0.1, -0.05) is 30.3 Å². The van der Waals surface area contributed by atoms with Crippen LogP contribution >= 0.6 is 0 Å². The second kappa shape index (κ2) is 7.91. The van der Waals surface area contributed by atoms with Crippen LogP contribution in [0, 0.1) is 5.41 Å². The zero-order chi connectivity index (χ0) is 19.4. The van der Waals surface area contributed by atoms with E-state index in [4.69, 9.17) is 0 Å². The van der Waals surface area contributed by atoms with Crippen molar-refractivity contribution in [2.45, 2.75) is 39.7 Å². The highest BCUT2D eigenvalue weighted by atomic mass is 16.2. The van der Waals surface area contributed by atoms with Crippen molar-refractivity contribution in [3.05, 3.63) is 54.4 Å². The summed E-state index contributed by atoms with van der Waals surface area (Å²) in [4.78, 5) is 30.7. The lowest BCUT2D eigenvalue weighted by Gasteiger charge is -2.29. The smallest absolute Gasteiger partial charge is 0.228 e. The molecule has 5 nitrogen and oxygen atoms in total. The number of carbonyl (C=O) groups is 2. The van der Waals surface area contributed by atoms with Gasteiger partial charge in [-0.2, -0.15) is 0 Å². The molecule has 1 fully saturated rings. The molecule has 1 aromatic carbocycles. The first-order valence-electron chi connectivity index (χ1n) is 9.45. The summed E-state index contributed by atoms with van der Waals surface area (Å²) in [6, 6.07) is 12.3. The number of hydrogen-bond acceptors (Lipinski definition) is 3. The van der Waals surface area contributed by atoms with Gasteiger partial charge in [0, 0.05) is 38.4 Å². The maximum atomic E-state index is 13.0. The number of amides is 2. The van der Waals surface area contributed by atoms with E-state index in [1.165, 1.54) is 0 Å². The molecule has 5 heteroatoms. The summed E-state index contributed by atoms with van der Waals surface area (Å²) in [5.41, 5.74) is 2.71. The fourth-order valence-electron chi connectivity index (χ4n) is 3.71. The number of nitrogens with zero attached hydrogens (tertiary/aromatic N) is 2. The fraction of sp³-hybridized carbons (Fsp3) is 0.409. The number of aromatic nitrogens is 1. The van der Waals surface area contributed by atoms with Crippen molar-refractivity contribution < 1.29 is 9.59 Å². The summed E-state index contributed by atoms with van der Waals surface area (Å²) in [6.07, 6.45) is 4.92. The normalized spacial score (nSPS) is 19.3. The predicted octanol–water partition coefficient (Wildman–Crippen LogP) is 3.05. The first kappa shape index (κ1) is 19.1. The molecule has 1 atom stereocenters. The van der Waals surface area contributed by atoms with Crippen LogP contribution in [-0.4, -0.2) is 40.8 Å². The molecule has 2 amide bonds. The third-order valence-electron chi connectivity index (χ3n) is 5.19. The van der Waals surface area contributed by atoms with Crippen molar-refractivity contribution in [3.63, 3.8) is 0 Å². The SMILES string of the molecule is CC(=O)N1CCC(Cc2ccc(-c3cccnc3)cc2)(C(=O)NC(C)C)C1. The summed E-state index contributed by atoms with van der Waals surface area (Å²) < 4.78 is 0. The lowest BCUT2D eigenvalue weighted by molar-refractivity contribution is -0.132. The topological polar surface area (TPSA) is 62.3 Å². The van der Waals surface area contributed by atoms with E-state index in [-0.39, 0.29) is 17.9 Å². The summed E-state index contributed by atoms with van der Waals surface area (Å²) in [7, 11) is 0. The van der Waals surface area contributed by atoms with E-state index in [0.717, 1.165) is 16.7 Å². The molecule has 0 aliphatic carbocycles. The van der Waals surface area contributed by atoms with Gasteiger partial charge in [-0.15, -0.1) is 0 Å². The van der Waals surface area contributed by atoms with E-state index in [1.807, 2.05) is 32.2 Å². The Morgan fingerprint density at radius 1 is 1.19 bits per heavy atom. The van der Waals surface area contributed by atoms with Crippen LogP contribution in [0.3, 0.4) is 0 Å². The zero-order valence-electron chi connectivity index (χ0n) is 16.2. The lowest BCUT2D eigenvalue weighted by Crippen LogP contribution is -2.47. The molecule has 1 aromatic heterocycles. The van der Waals surface area contributed by atoms with Gasteiger partial charge in [-0.05, 0) is 49.4 Å². The largest absolute Gasteiger partial charge is 0.353 e. The van der Waals surface area contributed by atoms with Crippen molar-refractivity contribution in [1.82, 2.24) is 15.2 Å². The average Bonchev–Trinajstić information content (AvgIpc) is 3.08. The molecule has 142 valence electrons. The number of rotatable bonds is 5. The highest BCUT2D eigenvalue weighted by Crippen LogP contribution is 2.35. The van der Waals surface area contributed by atoms with Gasteiger partial charge in [0.2, 0.25) is 11.8 Å². The van der Waals surface area contributed by atoms with Crippen LogP contribution in [0.2, 0.25) is 0 Å². The van der Waals surface area contributed by atoms with Gasteiger partial charge in [0.05, 0.1) is 5.41 Å². The van der Waals surface area contributed by atoms with Crippen LogP contribution in [0.4, 0.5) is 0 Å². The molecule has 3 rings (SSSR count). The minimum Gasteiger partial charge on any atom is -0.353 e. The van der Waals surface area contributed by atoms with E-state index in [2.05, 4.69) is 34.6 Å². The predicted molar refractivity (Wildman–Crippen MR) is 106 cm³/mol. The van der Waals surface area contributed by atoms with Crippen LogP contribution in [0.25, 0.3) is 11.1 Å². The molecule has 1 unspecified atom stereocenters. The highest BCUT2D eigenvalue weighted by Gasteiger charge is 2.45. The van der Waals surface area contributed by atoms with Crippen molar-refractivity contribution in [1.29, 1.82) is 0 Å². The van der Waals surface area contributed by atoms with E-state index in [1.54, 1.807) is 18.0 Å². The van der Waals surface area contributed by atoms with Gasteiger partial charge >= 0.3 is 0 Å². The molecular weight excluding hydrogens is 338 g/mol. The highest BCUT2D eigenvalue weighted by molar-refractivity contribution is 5.85. The Kier molecular flexibility index (Phi) is 5.59. The molecule has 1 N–H and O–H groups in total. The maximum absolute atomic E-state index is 13.0. The fourth-order valence-corrected chi connectivity index (χ4v) is 3.71. The van der Waals surface area contributed by atoms with Crippen LogP contribution in [0.5, 0.6) is 0 Å². The van der Waals surface area contributed by atoms with E-state index in [9.17, 15) is 9.59 Å². The summed E-state index contributed by atoms with van der Waals surface area (Å²) in [5.74, 6) is 0.0683. The van der Waals surface area contributed by atoms with Crippen molar-refractivity contribution in [2.75, 3.05) is 13.1 Å². The second-order valence-electron chi connectivity index (χ2n) is 7.71. The molecule has 2 heterocycles. The van der Waals surface area contributed by atoms with Gasteiger partial charge in [-0.3, -0.25) is 14.6 Å². The molecule has 1 aliphatic heterocycles. The van der Waals surface area contributed by atoms with Gasteiger partial charge in [0.1, 0.15) is 0 Å². The minimum atomic E-state index is -0.564. The summed E-state index contributed by atoms with van der Waals surface area (Å²) >= 11 is 0. The number of carbonyl (C=O) groups excluding carboxylic acids is 2. The quantitative estimate of drug-likeness (QED) is 0.886. The van der Waals surface area contributed by atoms with Gasteiger partial charge in [0.25, 0.3) is 0 Å². The van der Waals surface area contributed by atoms with Gasteiger partial charge in [-0.25, -0.2) is 0 Å². The molecule has 0 bridgehead atoms. The zero-order valence-corrected chi connectivity index (χ0v) is 16.2. The molecular formula is C22H27N3O2. The molecule has 1 saturated heterocycles. The average molecular weight is 365 g/mol. The Bertz CT molecular complexity index is 802. The Morgan fingerprint density at radius 3 is 2.48 bits per heavy atom. The first-order valence-corrected chi connectivity index (χ1v) is 9.45. The molecule has 0 radical (unpaired) electrons. The van der Waals surface area contributed by atoms with Crippen LogP contribution in [-0.2, 0) is 16.0 Å². The molecule has 27 heavy (non-hydrogen) atoms. The molecule has 1 aliphatic rings. The lowest BCUT2D eigenvalue weighted by atomic mass is 9.79. The first-order chi connectivity index (χ1) is 12.9. The summed E-state index contributed by atoms with van der Waals surface area (Å²) in [5, 5.41) is 3.06. The van der Waals surface area contributed by atoms with E-state index >= 15 is 0 Å². The van der Waals surface area contributed by atoms with Crippen molar-refractivity contribution in [2.24, 2.45) is 5.41 Å². The van der Waals surface area contributed by atoms with Crippen LogP contribution < -0.4 is 5.32 Å². The molecule has 2 aromatic rings. The minimum absolute atomic E-state index is 0.0288. The monoisotopic (exact) mass is 365 g/mol. The van der Waals surface area contributed by atoms with Gasteiger partial charge in [0.15, 0.2) is 0 Å². The number of benzene rings is 1. The summed E-state index contributed by atoms with van der Waals surface area (Å²) in [6.45, 7) is 6.61. The van der Waals surface area contributed by atoms with Crippen LogP contribution in [0.1, 0.15) is 32.8 Å². The number of nitrogens with one attached hydrogen (secondary N) is 1. The van der Waals surface area contributed by atoms with Gasteiger partial charge < -0.3 is 10.2 Å². The Morgan fingerprint density at radius 2 is 1.93 bits per heavy atom. The molecule has 0 spiro atoms. The number of pyridine rings is 1. The Labute approximate surface area is 160 Å². The maximum Gasteiger partial charge on any atom is 0.228 e. The molecule has 0 saturated carbocycles.